The lowest BCUT2D eigenvalue weighted by molar-refractivity contribution is 0.238. The molecule has 2 nitrogen and oxygen atoms in total. The second-order valence-electron chi connectivity index (χ2n) is 5.59. The van der Waals surface area contributed by atoms with Crippen molar-refractivity contribution in [2.45, 2.75) is 26.7 Å². The zero-order valence-corrected chi connectivity index (χ0v) is 12.1. The quantitative estimate of drug-likeness (QED) is 0.766. The highest BCUT2D eigenvalue weighted by Crippen LogP contribution is 2.11. The van der Waals surface area contributed by atoms with Crippen LogP contribution in [0.4, 0.5) is 0 Å². The summed E-state index contributed by atoms with van der Waals surface area (Å²) in [5, 5.41) is 0. The second kappa shape index (κ2) is 8.28. The molecule has 1 rings (SSSR count). The first-order valence-corrected chi connectivity index (χ1v) is 7.06. The summed E-state index contributed by atoms with van der Waals surface area (Å²) < 4.78 is 0. The van der Waals surface area contributed by atoms with Crippen molar-refractivity contribution in [1.82, 2.24) is 4.90 Å². The van der Waals surface area contributed by atoms with Crippen molar-refractivity contribution in [1.29, 1.82) is 0 Å². The predicted molar refractivity (Wildman–Crippen MR) is 79.6 cm³/mol. The smallest absolute Gasteiger partial charge is 0.00211 e. The third-order valence-corrected chi connectivity index (χ3v) is 3.64. The molecule has 0 saturated carbocycles. The summed E-state index contributed by atoms with van der Waals surface area (Å²) in [6, 6.07) is 10.7. The Labute approximate surface area is 112 Å². The van der Waals surface area contributed by atoms with Crippen LogP contribution in [0.5, 0.6) is 0 Å². The van der Waals surface area contributed by atoms with E-state index in [1.165, 1.54) is 18.4 Å². The number of nitrogens with two attached hydrogens (primary N) is 1. The molecule has 0 radical (unpaired) electrons. The van der Waals surface area contributed by atoms with E-state index in [2.05, 4.69) is 56.1 Å². The molecule has 0 bridgehead atoms. The number of aryl methyl sites for hydroxylation is 1. The fourth-order valence-corrected chi connectivity index (χ4v) is 2.25. The third-order valence-electron chi connectivity index (χ3n) is 3.64. The predicted octanol–water partition coefficient (Wildman–Crippen LogP) is 2.78. The molecule has 0 spiro atoms. The van der Waals surface area contributed by atoms with Gasteiger partial charge in [-0.05, 0) is 50.4 Å². The molecule has 0 amide bonds. The molecule has 0 aliphatic carbocycles. The molecule has 1 aromatic carbocycles. The lowest BCUT2D eigenvalue weighted by Crippen LogP contribution is -2.33. The molecule has 1 atom stereocenters. The van der Waals surface area contributed by atoms with Gasteiger partial charge in [0.2, 0.25) is 0 Å². The van der Waals surface area contributed by atoms with Crippen molar-refractivity contribution in [3.05, 3.63) is 35.9 Å². The van der Waals surface area contributed by atoms with Crippen LogP contribution in [0.2, 0.25) is 0 Å². The maximum Gasteiger partial charge on any atom is 0.00211 e. The zero-order chi connectivity index (χ0) is 13.4. The van der Waals surface area contributed by atoms with Gasteiger partial charge in [-0.15, -0.1) is 0 Å². The minimum Gasteiger partial charge on any atom is -0.330 e. The largest absolute Gasteiger partial charge is 0.330 e. The Morgan fingerprint density at radius 3 is 2.39 bits per heavy atom. The average molecular weight is 248 g/mol. The SMILES string of the molecule is CC(C)C(CN)CN(C)CCCc1ccccc1. The second-order valence-corrected chi connectivity index (χ2v) is 5.59. The molecule has 102 valence electrons. The van der Waals surface area contributed by atoms with E-state index in [0.29, 0.717) is 11.8 Å². The number of hydrogen-bond acceptors (Lipinski definition) is 2. The molecule has 0 aromatic heterocycles. The molecule has 0 aliphatic rings. The third kappa shape index (κ3) is 5.65. The summed E-state index contributed by atoms with van der Waals surface area (Å²) in [7, 11) is 2.20. The molecule has 0 fully saturated rings. The van der Waals surface area contributed by atoms with Crippen LogP contribution >= 0.6 is 0 Å². The monoisotopic (exact) mass is 248 g/mol. The highest BCUT2D eigenvalue weighted by molar-refractivity contribution is 5.14. The lowest BCUT2D eigenvalue weighted by Gasteiger charge is -2.25. The standard InChI is InChI=1S/C16H28N2/c1-14(2)16(12-17)13-18(3)11-7-10-15-8-5-4-6-9-15/h4-6,8-9,14,16H,7,10-13,17H2,1-3H3. The lowest BCUT2D eigenvalue weighted by atomic mass is 9.95. The van der Waals surface area contributed by atoms with E-state index in [-0.39, 0.29) is 0 Å². The number of hydrogen-bond donors (Lipinski definition) is 1. The number of benzene rings is 1. The highest BCUT2D eigenvalue weighted by atomic mass is 15.1. The minimum absolute atomic E-state index is 0.617. The van der Waals surface area contributed by atoms with Crippen LogP contribution in [0, 0.1) is 11.8 Å². The van der Waals surface area contributed by atoms with Gasteiger partial charge in [0.05, 0.1) is 0 Å². The summed E-state index contributed by atoms with van der Waals surface area (Å²) >= 11 is 0. The molecule has 2 heteroatoms. The van der Waals surface area contributed by atoms with E-state index in [9.17, 15) is 0 Å². The Morgan fingerprint density at radius 1 is 1.17 bits per heavy atom. The first kappa shape index (κ1) is 15.2. The van der Waals surface area contributed by atoms with E-state index in [4.69, 9.17) is 5.73 Å². The Morgan fingerprint density at radius 2 is 1.83 bits per heavy atom. The maximum atomic E-state index is 5.82. The number of nitrogens with zero attached hydrogens (tertiary/aromatic N) is 1. The van der Waals surface area contributed by atoms with Crippen molar-refractivity contribution in [2.24, 2.45) is 17.6 Å². The summed E-state index contributed by atoms with van der Waals surface area (Å²) in [4.78, 5) is 2.42. The van der Waals surface area contributed by atoms with Crippen LogP contribution in [-0.2, 0) is 6.42 Å². The summed E-state index contributed by atoms with van der Waals surface area (Å²) in [6.45, 7) is 7.58. The first-order valence-electron chi connectivity index (χ1n) is 7.06. The van der Waals surface area contributed by atoms with Crippen molar-refractivity contribution >= 4 is 0 Å². The Kier molecular flexibility index (Phi) is 6.99. The zero-order valence-electron chi connectivity index (χ0n) is 12.1. The fraction of sp³-hybridized carbons (Fsp3) is 0.625. The molecule has 1 aromatic rings. The van der Waals surface area contributed by atoms with Gasteiger partial charge in [-0.3, -0.25) is 0 Å². The summed E-state index contributed by atoms with van der Waals surface area (Å²) in [6.07, 6.45) is 2.38. The Bertz CT molecular complexity index is 308. The molecule has 0 heterocycles. The molecule has 18 heavy (non-hydrogen) atoms. The van der Waals surface area contributed by atoms with Gasteiger partial charge in [0.15, 0.2) is 0 Å². The maximum absolute atomic E-state index is 5.82. The van der Waals surface area contributed by atoms with Crippen molar-refractivity contribution in [2.75, 3.05) is 26.7 Å². The van der Waals surface area contributed by atoms with Crippen LogP contribution < -0.4 is 5.73 Å². The van der Waals surface area contributed by atoms with E-state index in [1.807, 2.05) is 0 Å². The normalized spacial score (nSPS) is 13.2. The molecule has 2 N–H and O–H groups in total. The first-order chi connectivity index (χ1) is 8.63. The molecular formula is C16H28N2. The molecule has 1 unspecified atom stereocenters. The average Bonchev–Trinajstić information content (AvgIpc) is 2.37. The van der Waals surface area contributed by atoms with Crippen LogP contribution in [0.15, 0.2) is 30.3 Å². The van der Waals surface area contributed by atoms with Gasteiger partial charge in [0.25, 0.3) is 0 Å². The fourth-order valence-electron chi connectivity index (χ4n) is 2.25. The minimum atomic E-state index is 0.617. The van der Waals surface area contributed by atoms with Gasteiger partial charge in [0.1, 0.15) is 0 Å². The molecular weight excluding hydrogens is 220 g/mol. The van der Waals surface area contributed by atoms with Crippen LogP contribution in [0.3, 0.4) is 0 Å². The van der Waals surface area contributed by atoms with E-state index in [1.54, 1.807) is 0 Å². The van der Waals surface area contributed by atoms with Crippen LogP contribution in [-0.4, -0.2) is 31.6 Å². The molecule has 0 saturated heterocycles. The van der Waals surface area contributed by atoms with Gasteiger partial charge < -0.3 is 10.6 Å². The summed E-state index contributed by atoms with van der Waals surface area (Å²) in [5.41, 5.74) is 7.25. The Hall–Kier alpha value is -0.860. The van der Waals surface area contributed by atoms with Gasteiger partial charge in [-0.25, -0.2) is 0 Å². The summed E-state index contributed by atoms with van der Waals surface area (Å²) in [5.74, 6) is 1.29. The van der Waals surface area contributed by atoms with E-state index < -0.39 is 0 Å². The van der Waals surface area contributed by atoms with E-state index in [0.717, 1.165) is 19.6 Å². The molecule has 0 aliphatic heterocycles. The van der Waals surface area contributed by atoms with Crippen LogP contribution in [0.25, 0.3) is 0 Å². The number of rotatable bonds is 8. The van der Waals surface area contributed by atoms with Gasteiger partial charge in [0, 0.05) is 6.54 Å². The highest BCUT2D eigenvalue weighted by Gasteiger charge is 2.13. The van der Waals surface area contributed by atoms with Gasteiger partial charge in [-0.2, -0.15) is 0 Å². The Balaban J connectivity index is 2.23. The van der Waals surface area contributed by atoms with Crippen molar-refractivity contribution in [3.8, 4) is 0 Å². The van der Waals surface area contributed by atoms with Gasteiger partial charge in [-0.1, -0.05) is 44.2 Å². The van der Waals surface area contributed by atoms with Crippen molar-refractivity contribution < 1.29 is 0 Å². The van der Waals surface area contributed by atoms with E-state index >= 15 is 0 Å². The van der Waals surface area contributed by atoms with Crippen LogP contribution in [0.1, 0.15) is 25.8 Å². The topological polar surface area (TPSA) is 29.3 Å². The van der Waals surface area contributed by atoms with Gasteiger partial charge >= 0.3 is 0 Å². The van der Waals surface area contributed by atoms with Crippen molar-refractivity contribution in [3.63, 3.8) is 0 Å².